The quantitative estimate of drug-likeness (QED) is 0.921. The Labute approximate surface area is 125 Å². The van der Waals surface area contributed by atoms with Crippen LogP contribution >= 0.6 is 15.9 Å². The van der Waals surface area contributed by atoms with Crippen molar-refractivity contribution in [3.63, 3.8) is 0 Å². The van der Waals surface area contributed by atoms with Crippen molar-refractivity contribution >= 4 is 21.6 Å². The molecule has 0 aliphatic carbocycles. The van der Waals surface area contributed by atoms with Crippen LogP contribution in [0.1, 0.15) is 13.8 Å². The standard InChI is InChI=1S/C15H24BrN3/c1-15(2)11-18(4)10-14(9-17-3)19(15)13-7-5-6-12(16)8-13/h5-8,14,17H,9-11H2,1-4H3. The first kappa shape index (κ1) is 14.8. The molecule has 1 atom stereocenters. The minimum absolute atomic E-state index is 0.134. The van der Waals surface area contributed by atoms with E-state index in [1.165, 1.54) is 5.69 Å². The van der Waals surface area contributed by atoms with Gasteiger partial charge in [0.05, 0.1) is 6.04 Å². The molecule has 1 N–H and O–H groups in total. The van der Waals surface area contributed by atoms with Crippen molar-refractivity contribution < 1.29 is 0 Å². The molecular weight excluding hydrogens is 302 g/mol. The van der Waals surface area contributed by atoms with Gasteiger partial charge in [-0.05, 0) is 46.1 Å². The van der Waals surface area contributed by atoms with E-state index >= 15 is 0 Å². The molecule has 1 unspecified atom stereocenters. The number of rotatable bonds is 3. The van der Waals surface area contributed by atoms with Gasteiger partial charge in [-0.2, -0.15) is 0 Å². The van der Waals surface area contributed by atoms with Gasteiger partial charge in [0.1, 0.15) is 0 Å². The van der Waals surface area contributed by atoms with E-state index in [1.807, 2.05) is 7.05 Å². The summed E-state index contributed by atoms with van der Waals surface area (Å²) in [5, 5.41) is 3.33. The number of likely N-dealkylation sites (N-methyl/N-ethyl adjacent to an activating group) is 2. The predicted molar refractivity (Wildman–Crippen MR) is 85.9 cm³/mol. The summed E-state index contributed by atoms with van der Waals surface area (Å²) in [5.74, 6) is 0. The Morgan fingerprint density at radius 3 is 2.79 bits per heavy atom. The average molecular weight is 326 g/mol. The number of hydrogen-bond acceptors (Lipinski definition) is 3. The third-order valence-electron chi connectivity index (χ3n) is 3.72. The van der Waals surface area contributed by atoms with Gasteiger partial charge in [0.25, 0.3) is 0 Å². The molecule has 0 spiro atoms. The van der Waals surface area contributed by atoms with E-state index < -0.39 is 0 Å². The second kappa shape index (κ2) is 5.81. The molecule has 0 amide bonds. The summed E-state index contributed by atoms with van der Waals surface area (Å²) in [6.45, 7) is 7.83. The Bertz CT molecular complexity index is 433. The van der Waals surface area contributed by atoms with Crippen LogP contribution in [0.5, 0.6) is 0 Å². The fourth-order valence-corrected chi connectivity index (χ4v) is 3.70. The number of hydrogen-bond donors (Lipinski definition) is 1. The highest BCUT2D eigenvalue weighted by Gasteiger charge is 2.38. The molecular formula is C15H24BrN3. The minimum atomic E-state index is 0.134. The number of halogens is 1. The lowest BCUT2D eigenvalue weighted by Crippen LogP contribution is -2.65. The zero-order chi connectivity index (χ0) is 14.0. The maximum Gasteiger partial charge on any atom is 0.0547 e. The lowest BCUT2D eigenvalue weighted by atomic mass is 9.94. The maximum atomic E-state index is 3.58. The van der Waals surface area contributed by atoms with Crippen LogP contribution in [-0.4, -0.2) is 50.2 Å². The second-order valence-corrected chi connectivity index (χ2v) is 6.99. The van der Waals surface area contributed by atoms with Gasteiger partial charge in [-0.15, -0.1) is 0 Å². The van der Waals surface area contributed by atoms with Crippen molar-refractivity contribution in [2.24, 2.45) is 0 Å². The summed E-state index contributed by atoms with van der Waals surface area (Å²) in [7, 11) is 4.24. The lowest BCUT2D eigenvalue weighted by molar-refractivity contribution is 0.179. The van der Waals surface area contributed by atoms with Crippen LogP contribution in [0.2, 0.25) is 0 Å². The Balaban J connectivity index is 2.36. The fraction of sp³-hybridized carbons (Fsp3) is 0.600. The summed E-state index contributed by atoms with van der Waals surface area (Å²) in [6, 6.07) is 9.12. The topological polar surface area (TPSA) is 18.5 Å². The van der Waals surface area contributed by atoms with Crippen LogP contribution in [0.4, 0.5) is 5.69 Å². The summed E-state index contributed by atoms with van der Waals surface area (Å²) < 4.78 is 1.14. The summed E-state index contributed by atoms with van der Waals surface area (Å²) in [6.07, 6.45) is 0. The molecule has 0 aromatic heterocycles. The summed E-state index contributed by atoms with van der Waals surface area (Å²) in [4.78, 5) is 4.99. The monoisotopic (exact) mass is 325 g/mol. The van der Waals surface area contributed by atoms with Gasteiger partial charge >= 0.3 is 0 Å². The Kier molecular flexibility index (Phi) is 4.54. The molecule has 1 aromatic rings. The molecule has 1 fully saturated rings. The normalized spacial score (nSPS) is 23.6. The predicted octanol–water partition coefficient (Wildman–Crippen LogP) is 2.57. The molecule has 4 heteroatoms. The molecule has 19 heavy (non-hydrogen) atoms. The molecule has 0 saturated carbocycles. The fourth-order valence-electron chi connectivity index (χ4n) is 3.31. The van der Waals surface area contributed by atoms with Crippen LogP contribution in [0.15, 0.2) is 28.7 Å². The van der Waals surface area contributed by atoms with E-state index in [9.17, 15) is 0 Å². The van der Waals surface area contributed by atoms with E-state index in [1.54, 1.807) is 0 Å². The van der Waals surface area contributed by atoms with Gasteiger partial charge in [-0.3, -0.25) is 0 Å². The van der Waals surface area contributed by atoms with E-state index in [0.717, 1.165) is 24.1 Å². The van der Waals surface area contributed by atoms with Gasteiger partial charge in [0.15, 0.2) is 0 Å². The lowest BCUT2D eigenvalue weighted by Gasteiger charge is -2.52. The Morgan fingerprint density at radius 2 is 2.16 bits per heavy atom. The van der Waals surface area contributed by atoms with Gasteiger partial charge < -0.3 is 15.1 Å². The molecule has 0 radical (unpaired) electrons. The molecule has 1 heterocycles. The van der Waals surface area contributed by atoms with Gasteiger partial charge in [-0.1, -0.05) is 22.0 Å². The zero-order valence-corrected chi connectivity index (χ0v) is 13.9. The van der Waals surface area contributed by atoms with Crippen molar-refractivity contribution in [3.8, 4) is 0 Å². The van der Waals surface area contributed by atoms with Gasteiger partial charge in [0, 0.05) is 35.3 Å². The second-order valence-electron chi connectivity index (χ2n) is 6.07. The smallest absolute Gasteiger partial charge is 0.0547 e. The zero-order valence-electron chi connectivity index (χ0n) is 12.3. The average Bonchev–Trinajstić information content (AvgIpc) is 2.26. The Hall–Kier alpha value is -0.580. The first-order chi connectivity index (χ1) is 8.94. The molecule has 106 valence electrons. The van der Waals surface area contributed by atoms with Gasteiger partial charge in [0.2, 0.25) is 0 Å². The molecule has 3 nitrogen and oxygen atoms in total. The van der Waals surface area contributed by atoms with Crippen molar-refractivity contribution in [2.75, 3.05) is 38.6 Å². The van der Waals surface area contributed by atoms with Crippen LogP contribution in [0.25, 0.3) is 0 Å². The van der Waals surface area contributed by atoms with Gasteiger partial charge in [-0.25, -0.2) is 0 Å². The maximum absolute atomic E-state index is 3.58. The SMILES string of the molecule is CNCC1CN(C)CC(C)(C)N1c1cccc(Br)c1. The third-order valence-corrected chi connectivity index (χ3v) is 4.22. The third kappa shape index (κ3) is 3.30. The van der Waals surface area contributed by atoms with E-state index in [0.29, 0.717) is 6.04 Å². The first-order valence-electron chi connectivity index (χ1n) is 6.82. The number of nitrogens with zero attached hydrogens (tertiary/aromatic N) is 2. The summed E-state index contributed by atoms with van der Waals surface area (Å²) >= 11 is 3.58. The highest BCUT2D eigenvalue weighted by molar-refractivity contribution is 9.10. The van der Waals surface area contributed by atoms with E-state index in [4.69, 9.17) is 0 Å². The molecule has 1 saturated heterocycles. The molecule has 0 bridgehead atoms. The first-order valence-corrected chi connectivity index (χ1v) is 7.61. The Morgan fingerprint density at radius 1 is 1.42 bits per heavy atom. The van der Waals surface area contributed by atoms with Crippen LogP contribution < -0.4 is 10.2 Å². The van der Waals surface area contributed by atoms with Crippen molar-refractivity contribution in [3.05, 3.63) is 28.7 Å². The molecule has 1 aliphatic heterocycles. The highest BCUT2D eigenvalue weighted by atomic mass is 79.9. The summed E-state index contributed by atoms with van der Waals surface area (Å²) in [5.41, 5.74) is 1.43. The minimum Gasteiger partial charge on any atom is -0.360 e. The van der Waals surface area contributed by atoms with E-state index in [2.05, 4.69) is 76.2 Å². The largest absolute Gasteiger partial charge is 0.360 e. The highest BCUT2D eigenvalue weighted by Crippen LogP contribution is 2.32. The molecule has 1 aliphatic rings. The van der Waals surface area contributed by atoms with Crippen molar-refractivity contribution in [1.82, 2.24) is 10.2 Å². The van der Waals surface area contributed by atoms with Crippen molar-refractivity contribution in [2.45, 2.75) is 25.4 Å². The van der Waals surface area contributed by atoms with Crippen LogP contribution in [-0.2, 0) is 0 Å². The van der Waals surface area contributed by atoms with Crippen molar-refractivity contribution in [1.29, 1.82) is 0 Å². The van der Waals surface area contributed by atoms with Crippen LogP contribution in [0.3, 0.4) is 0 Å². The molecule has 1 aromatic carbocycles. The molecule has 2 rings (SSSR count). The van der Waals surface area contributed by atoms with E-state index in [-0.39, 0.29) is 5.54 Å². The number of benzene rings is 1. The van der Waals surface area contributed by atoms with Crippen LogP contribution in [0, 0.1) is 0 Å². The number of piperazine rings is 1. The number of anilines is 1. The number of nitrogens with one attached hydrogen (secondary N) is 1.